The largest absolute Gasteiger partial charge is 0.496 e. The molecule has 1 aromatic rings. The molecule has 0 aliphatic heterocycles. The molecule has 0 atom stereocenters. The van der Waals surface area contributed by atoms with Crippen LogP contribution in [0.5, 0.6) is 5.75 Å². The van der Waals surface area contributed by atoms with Gasteiger partial charge in [0.05, 0.1) is 7.11 Å². The molecule has 18 heavy (non-hydrogen) atoms. The van der Waals surface area contributed by atoms with Crippen molar-refractivity contribution in [2.45, 2.75) is 24.8 Å². The van der Waals surface area contributed by atoms with E-state index in [1.807, 2.05) is 0 Å². The maximum absolute atomic E-state index is 13.2. The predicted octanol–water partition coefficient (Wildman–Crippen LogP) is 1.80. The Morgan fingerprint density at radius 2 is 2.17 bits per heavy atom. The first kappa shape index (κ1) is 13.3. The lowest BCUT2D eigenvalue weighted by molar-refractivity contribution is 0.304. The highest BCUT2D eigenvalue weighted by Crippen LogP contribution is 2.32. The van der Waals surface area contributed by atoms with Gasteiger partial charge in [0.1, 0.15) is 11.6 Å². The van der Waals surface area contributed by atoms with E-state index in [1.54, 1.807) is 19.2 Å². The first-order chi connectivity index (χ1) is 8.52. The zero-order valence-electron chi connectivity index (χ0n) is 11.1. The Morgan fingerprint density at radius 3 is 2.78 bits per heavy atom. The molecule has 3 nitrogen and oxygen atoms in total. The van der Waals surface area contributed by atoms with Crippen LogP contribution in [0.2, 0.25) is 0 Å². The van der Waals surface area contributed by atoms with Crippen molar-refractivity contribution in [1.29, 1.82) is 0 Å². The molecule has 0 saturated heterocycles. The van der Waals surface area contributed by atoms with Crippen molar-refractivity contribution in [3.63, 3.8) is 0 Å². The number of nitrogens with two attached hydrogens (primary N) is 1. The molecule has 0 heterocycles. The number of ether oxygens (including phenoxy) is 1. The van der Waals surface area contributed by atoms with E-state index in [2.05, 4.69) is 11.9 Å². The van der Waals surface area contributed by atoms with Crippen LogP contribution in [0, 0.1) is 5.82 Å². The molecule has 1 fully saturated rings. The molecule has 4 heteroatoms. The van der Waals surface area contributed by atoms with E-state index in [9.17, 15) is 4.39 Å². The molecule has 0 aromatic heterocycles. The van der Waals surface area contributed by atoms with E-state index in [0.29, 0.717) is 0 Å². The van der Waals surface area contributed by atoms with Gasteiger partial charge in [-0.05, 0) is 50.1 Å². The second kappa shape index (κ2) is 5.24. The minimum atomic E-state index is -0.217. The molecule has 1 aliphatic carbocycles. The summed E-state index contributed by atoms with van der Waals surface area (Å²) in [5.74, 6) is 0.532. The van der Waals surface area contributed by atoms with Gasteiger partial charge < -0.3 is 15.4 Å². The zero-order chi connectivity index (χ0) is 13.2. The van der Waals surface area contributed by atoms with Crippen LogP contribution in [-0.2, 0) is 6.42 Å². The smallest absolute Gasteiger partial charge is 0.123 e. The summed E-state index contributed by atoms with van der Waals surface area (Å²) in [6, 6.07) is 4.64. The molecule has 0 amide bonds. The van der Waals surface area contributed by atoms with Gasteiger partial charge in [-0.3, -0.25) is 0 Å². The second-order valence-corrected chi connectivity index (χ2v) is 5.31. The summed E-state index contributed by atoms with van der Waals surface area (Å²) in [5, 5.41) is 0. The van der Waals surface area contributed by atoms with Crippen LogP contribution in [-0.4, -0.2) is 37.7 Å². The van der Waals surface area contributed by atoms with Gasteiger partial charge in [0, 0.05) is 18.6 Å². The summed E-state index contributed by atoms with van der Waals surface area (Å²) >= 11 is 0. The summed E-state index contributed by atoms with van der Waals surface area (Å²) < 4.78 is 18.4. The maximum atomic E-state index is 13.2. The van der Waals surface area contributed by atoms with E-state index < -0.39 is 0 Å². The fourth-order valence-electron chi connectivity index (χ4n) is 2.19. The summed E-state index contributed by atoms with van der Waals surface area (Å²) in [6.07, 6.45) is 2.99. The van der Waals surface area contributed by atoms with Gasteiger partial charge in [0.2, 0.25) is 0 Å². The van der Waals surface area contributed by atoms with E-state index in [1.165, 1.54) is 6.07 Å². The van der Waals surface area contributed by atoms with Gasteiger partial charge in [0.25, 0.3) is 0 Å². The molecule has 0 spiro atoms. The number of likely N-dealkylation sites (N-methyl/N-ethyl adjacent to an activating group) is 1. The molecule has 1 saturated carbocycles. The van der Waals surface area contributed by atoms with E-state index in [-0.39, 0.29) is 11.4 Å². The normalized spacial score (nSPS) is 16.9. The SMILES string of the molecule is COc1ccc(F)cc1CCN(C)CC1(N)CC1. The number of halogens is 1. The standard InChI is InChI=1S/C14H21FN2O/c1-17(10-14(16)6-7-14)8-5-11-9-12(15)3-4-13(11)18-2/h3-4,9H,5-8,10,16H2,1-2H3. The first-order valence-corrected chi connectivity index (χ1v) is 6.32. The number of hydrogen-bond donors (Lipinski definition) is 1. The van der Waals surface area contributed by atoms with Crippen LogP contribution in [0.25, 0.3) is 0 Å². The van der Waals surface area contributed by atoms with Gasteiger partial charge >= 0.3 is 0 Å². The van der Waals surface area contributed by atoms with Crippen molar-refractivity contribution in [2.75, 3.05) is 27.2 Å². The van der Waals surface area contributed by atoms with Crippen molar-refractivity contribution in [2.24, 2.45) is 5.73 Å². The molecule has 100 valence electrons. The third kappa shape index (κ3) is 3.43. The highest BCUT2D eigenvalue weighted by atomic mass is 19.1. The third-order valence-electron chi connectivity index (χ3n) is 3.48. The summed E-state index contributed by atoms with van der Waals surface area (Å²) in [7, 11) is 3.66. The first-order valence-electron chi connectivity index (χ1n) is 6.32. The molecule has 0 bridgehead atoms. The Balaban J connectivity index is 1.90. The van der Waals surface area contributed by atoms with Gasteiger partial charge in [-0.25, -0.2) is 4.39 Å². The molecular formula is C14H21FN2O. The van der Waals surface area contributed by atoms with Crippen LogP contribution in [0.3, 0.4) is 0 Å². The summed E-state index contributed by atoms with van der Waals surface area (Å²) in [5.41, 5.74) is 7.01. The Hall–Kier alpha value is -1.13. The summed E-state index contributed by atoms with van der Waals surface area (Å²) in [6.45, 7) is 1.77. The maximum Gasteiger partial charge on any atom is 0.123 e. The van der Waals surface area contributed by atoms with Crippen molar-refractivity contribution in [1.82, 2.24) is 4.90 Å². The van der Waals surface area contributed by atoms with Crippen LogP contribution in [0.1, 0.15) is 18.4 Å². The minimum Gasteiger partial charge on any atom is -0.496 e. The third-order valence-corrected chi connectivity index (χ3v) is 3.48. The Bertz CT molecular complexity index is 418. The highest BCUT2D eigenvalue weighted by molar-refractivity contribution is 5.34. The average molecular weight is 252 g/mol. The van der Waals surface area contributed by atoms with Crippen LogP contribution >= 0.6 is 0 Å². The fourth-order valence-corrected chi connectivity index (χ4v) is 2.19. The Morgan fingerprint density at radius 1 is 1.44 bits per heavy atom. The van der Waals surface area contributed by atoms with E-state index in [0.717, 1.165) is 43.7 Å². The van der Waals surface area contributed by atoms with Crippen molar-refractivity contribution in [3.05, 3.63) is 29.6 Å². The van der Waals surface area contributed by atoms with Crippen molar-refractivity contribution in [3.8, 4) is 5.75 Å². The minimum absolute atomic E-state index is 0.0285. The molecular weight excluding hydrogens is 231 g/mol. The highest BCUT2D eigenvalue weighted by Gasteiger charge is 2.38. The number of rotatable bonds is 6. The van der Waals surface area contributed by atoms with Crippen LogP contribution in [0.15, 0.2) is 18.2 Å². The molecule has 0 radical (unpaired) electrons. The number of methoxy groups -OCH3 is 1. The number of nitrogens with zero attached hydrogens (tertiary/aromatic N) is 1. The zero-order valence-corrected chi connectivity index (χ0v) is 11.1. The lowest BCUT2D eigenvalue weighted by atomic mass is 10.1. The monoisotopic (exact) mass is 252 g/mol. The quantitative estimate of drug-likeness (QED) is 0.839. The van der Waals surface area contributed by atoms with Crippen LogP contribution in [0.4, 0.5) is 4.39 Å². The lowest BCUT2D eigenvalue weighted by Crippen LogP contribution is -2.38. The van der Waals surface area contributed by atoms with Crippen molar-refractivity contribution < 1.29 is 9.13 Å². The Kier molecular flexibility index (Phi) is 3.88. The average Bonchev–Trinajstić information content (AvgIpc) is 3.04. The molecule has 1 aromatic carbocycles. The molecule has 2 N–H and O–H groups in total. The van der Waals surface area contributed by atoms with Crippen LogP contribution < -0.4 is 10.5 Å². The second-order valence-electron chi connectivity index (χ2n) is 5.31. The van der Waals surface area contributed by atoms with Gasteiger partial charge in [0.15, 0.2) is 0 Å². The topological polar surface area (TPSA) is 38.5 Å². The fraction of sp³-hybridized carbons (Fsp3) is 0.571. The van der Waals surface area contributed by atoms with Gasteiger partial charge in [-0.1, -0.05) is 0 Å². The van der Waals surface area contributed by atoms with Crippen molar-refractivity contribution >= 4 is 0 Å². The summed E-state index contributed by atoms with van der Waals surface area (Å²) in [4.78, 5) is 2.21. The van der Waals surface area contributed by atoms with E-state index >= 15 is 0 Å². The number of hydrogen-bond acceptors (Lipinski definition) is 3. The van der Waals surface area contributed by atoms with E-state index in [4.69, 9.17) is 10.5 Å². The molecule has 0 unspecified atom stereocenters. The Labute approximate surface area is 108 Å². The lowest BCUT2D eigenvalue weighted by Gasteiger charge is -2.21. The molecule has 2 rings (SSSR count). The van der Waals surface area contributed by atoms with Gasteiger partial charge in [-0.15, -0.1) is 0 Å². The van der Waals surface area contributed by atoms with Gasteiger partial charge in [-0.2, -0.15) is 0 Å². The predicted molar refractivity (Wildman–Crippen MR) is 70.3 cm³/mol. The number of benzene rings is 1. The molecule has 1 aliphatic rings.